The number of fused-ring (bicyclic) bond motifs is 1. The maximum Gasteiger partial charge on any atom is 0.313 e. The van der Waals surface area contributed by atoms with Gasteiger partial charge in [0, 0.05) is 11.8 Å². The fraction of sp³-hybridized carbons (Fsp3) is 0.652. The minimum absolute atomic E-state index is 0.0548. The van der Waals surface area contributed by atoms with Crippen molar-refractivity contribution in [3.05, 3.63) is 35.4 Å². The van der Waals surface area contributed by atoms with Gasteiger partial charge in [-0.3, -0.25) is 9.59 Å². The van der Waals surface area contributed by atoms with Gasteiger partial charge in [-0.15, -0.1) is 0 Å². The van der Waals surface area contributed by atoms with E-state index in [0.29, 0.717) is 13.2 Å². The molecule has 0 unspecified atom stereocenters. The molecule has 29 heavy (non-hydrogen) atoms. The zero-order valence-corrected chi connectivity index (χ0v) is 17.4. The Balaban J connectivity index is 1.75. The molecular weight excluding hydrogens is 372 g/mol. The van der Waals surface area contributed by atoms with Crippen molar-refractivity contribution in [1.82, 2.24) is 0 Å². The number of esters is 2. The number of hydrogen-bond donors (Lipinski definition) is 0. The first kappa shape index (κ1) is 20.4. The lowest BCUT2D eigenvalue weighted by Crippen LogP contribution is -2.50. The van der Waals surface area contributed by atoms with Gasteiger partial charge in [0.15, 0.2) is 5.79 Å². The molecule has 1 spiro atoms. The lowest BCUT2D eigenvalue weighted by Gasteiger charge is -2.46. The monoisotopic (exact) mass is 402 g/mol. The van der Waals surface area contributed by atoms with Crippen molar-refractivity contribution in [2.24, 2.45) is 17.3 Å². The van der Waals surface area contributed by atoms with Crippen molar-refractivity contribution >= 4 is 11.9 Å². The molecule has 0 N–H and O–H groups in total. The summed E-state index contributed by atoms with van der Waals surface area (Å²) in [5.74, 6) is -1.48. The standard InChI is InChI=1S/C23H30O6/c1-22(14-19(24)26-2)18(10-11-23(22)28-12-13-29-23)17-9-8-15-6-4-5-7-16(15)20(17)21(25)27-3/h4-7,17-18,20H,8-14H2,1-3H3/t17-,18+,20-,22+/m1/s1. The highest BCUT2D eigenvalue weighted by Gasteiger charge is 2.64. The van der Waals surface area contributed by atoms with Crippen LogP contribution in [0.15, 0.2) is 24.3 Å². The first-order valence-electron chi connectivity index (χ1n) is 10.5. The van der Waals surface area contributed by atoms with Crippen LogP contribution in [0.4, 0.5) is 0 Å². The second kappa shape index (κ2) is 7.73. The fourth-order valence-electron chi connectivity index (χ4n) is 6.13. The summed E-state index contributed by atoms with van der Waals surface area (Å²) in [6, 6.07) is 8.12. The van der Waals surface area contributed by atoms with Crippen LogP contribution in [0, 0.1) is 17.3 Å². The molecule has 158 valence electrons. The minimum atomic E-state index is -0.788. The largest absolute Gasteiger partial charge is 0.469 e. The SMILES string of the molecule is COC(=O)C[C@@]1(C)[C@H]([C@H]2CCc3ccccc3[C@H]2C(=O)OC)CCC12OCCO2. The maximum atomic E-state index is 12.9. The molecule has 6 heteroatoms. The van der Waals surface area contributed by atoms with Crippen LogP contribution < -0.4 is 0 Å². The van der Waals surface area contributed by atoms with Gasteiger partial charge in [0.05, 0.1) is 39.8 Å². The number of rotatable bonds is 4. The van der Waals surface area contributed by atoms with Crippen LogP contribution >= 0.6 is 0 Å². The van der Waals surface area contributed by atoms with E-state index in [1.807, 2.05) is 18.2 Å². The Bertz CT molecular complexity index is 783. The normalized spacial score (nSPS) is 32.7. The van der Waals surface area contributed by atoms with Gasteiger partial charge < -0.3 is 18.9 Å². The van der Waals surface area contributed by atoms with Crippen LogP contribution in [0.1, 0.15) is 49.7 Å². The third-order valence-electron chi connectivity index (χ3n) is 7.50. The molecule has 1 saturated carbocycles. The van der Waals surface area contributed by atoms with Crippen LogP contribution in [0.5, 0.6) is 0 Å². The number of ether oxygens (including phenoxy) is 4. The second-order valence-electron chi connectivity index (χ2n) is 8.67. The van der Waals surface area contributed by atoms with E-state index in [1.54, 1.807) is 0 Å². The van der Waals surface area contributed by atoms with E-state index in [9.17, 15) is 9.59 Å². The molecule has 1 aromatic rings. The highest BCUT2D eigenvalue weighted by atomic mass is 16.7. The summed E-state index contributed by atoms with van der Waals surface area (Å²) in [5, 5.41) is 0. The quantitative estimate of drug-likeness (QED) is 0.720. The van der Waals surface area contributed by atoms with Crippen molar-refractivity contribution in [2.75, 3.05) is 27.4 Å². The van der Waals surface area contributed by atoms with Crippen molar-refractivity contribution in [3.8, 4) is 0 Å². The molecule has 0 amide bonds. The van der Waals surface area contributed by atoms with Crippen LogP contribution in [-0.4, -0.2) is 45.2 Å². The van der Waals surface area contributed by atoms with Crippen LogP contribution in [0.25, 0.3) is 0 Å². The zero-order valence-electron chi connectivity index (χ0n) is 17.4. The van der Waals surface area contributed by atoms with Crippen LogP contribution in [0.3, 0.4) is 0 Å². The third kappa shape index (κ3) is 3.17. The molecule has 1 heterocycles. The number of carbonyl (C=O) groups is 2. The van der Waals surface area contributed by atoms with Gasteiger partial charge in [0.2, 0.25) is 0 Å². The number of benzene rings is 1. The van der Waals surface area contributed by atoms with Gasteiger partial charge in [-0.1, -0.05) is 31.2 Å². The Morgan fingerprint density at radius 3 is 2.52 bits per heavy atom. The van der Waals surface area contributed by atoms with E-state index in [1.165, 1.54) is 19.8 Å². The molecule has 1 saturated heterocycles. The predicted molar refractivity (Wildman–Crippen MR) is 105 cm³/mol. The van der Waals surface area contributed by atoms with Crippen molar-refractivity contribution in [2.45, 2.75) is 50.7 Å². The Morgan fingerprint density at radius 1 is 1.10 bits per heavy atom. The summed E-state index contributed by atoms with van der Waals surface area (Å²) in [7, 11) is 2.86. The summed E-state index contributed by atoms with van der Waals surface area (Å²) >= 11 is 0. The van der Waals surface area contributed by atoms with Crippen LogP contribution in [-0.2, 0) is 35.0 Å². The van der Waals surface area contributed by atoms with Crippen LogP contribution in [0.2, 0.25) is 0 Å². The van der Waals surface area contributed by atoms with Gasteiger partial charge in [-0.25, -0.2) is 0 Å². The number of carbonyl (C=O) groups excluding carboxylic acids is 2. The first-order chi connectivity index (χ1) is 14.0. The molecular formula is C23H30O6. The Hall–Kier alpha value is -1.92. The summed E-state index contributed by atoms with van der Waals surface area (Å²) in [5.41, 5.74) is 1.68. The summed E-state index contributed by atoms with van der Waals surface area (Å²) in [6.45, 7) is 3.12. The Morgan fingerprint density at radius 2 is 1.83 bits per heavy atom. The first-order valence-corrected chi connectivity index (χ1v) is 10.5. The van der Waals surface area contributed by atoms with E-state index in [4.69, 9.17) is 18.9 Å². The molecule has 0 aromatic heterocycles. The number of hydrogen-bond acceptors (Lipinski definition) is 6. The summed E-state index contributed by atoms with van der Waals surface area (Å²) in [6.07, 6.45) is 3.55. The van der Waals surface area contributed by atoms with Gasteiger partial charge in [-0.05, 0) is 42.2 Å². The predicted octanol–water partition coefficient (Wildman–Crippen LogP) is 3.23. The fourth-order valence-corrected chi connectivity index (χ4v) is 6.13. The maximum absolute atomic E-state index is 12.9. The van der Waals surface area contributed by atoms with Gasteiger partial charge in [-0.2, -0.15) is 0 Å². The average Bonchev–Trinajstić information content (AvgIpc) is 3.33. The highest BCUT2D eigenvalue weighted by Crippen LogP contribution is 2.62. The smallest absolute Gasteiger partial charge is 0.313 e. The molecule has 1 aromatic carbocycles. The second-order valence-corrected chi connectivity index (χ2v) is 8.67. The number of aryl methyl sites for hydroxylation is 1. The number of methoxy groups -OCH3 is 2. The van der Waals surface area contributed by atoms with Gasteiger partial charge >= 0.3 is 11.9 Å². The molecule has 4 rings (SSSR count). The Labute approximate surface area is 171 Å². The van der Waals surface area contributed by atoms with Crippen molar-refractivity contribution in [3.63, 3.8) is 0 Å². The molecule has 2 aliphatic carbocycles. The van der Waals surface area contributed by atoms with E-state index in [-0.39, 0.29) is 36.1 Å². The van der Waals surface area contributed by atoms with Gasteiger partial charge in [0.25, 0.3) is 0 Å². The Kier molecular flexibility index (Phi) is 5.42. The lowest BCUT2D eigenvalue weighted by atomic mass is 9.61. The van der Waals surface area contributed by atoms with E-state index < -0.39 is 11.2 Å². The van der Waals surface area contributed by atoms with Gasteiger partial charge in [0.1, 0.15) is 0 Å². The molecule has 3 aliphatic rings. The van der Waals surface area contributed by atoms with E-state index in [0.717, 1.165) is 31.2 Å². The van der Waals surface area contributed by atoms with Crippen molar-refractivity contribution < 1.29 is 28.5 Å². The minimum Gasteiger partial charge on any atom is -0.469 e. The van der Waals surface area contributed by atoms with E-state index >= 15 is 0 Å². The molecule has 1 aliphatic heterocycles. The molecule has 0 bridgehead atoms. The molecule has 4 atom stereocenters. The topological polar surface area (TPSA) is 71.1 Å². The van der Waals surface area contributed by atoms with Crippen molar-refractivity contribution in [1.29, 1.82) is 0 Å². The summed E-state index contributed by atoms with van der Waals surface area (Å²) < 4.78 is 22.5. The van der Waals surface area contributed by atoms with E-state index in [2.05, 4.69) is 13.0 Å². The third-order valence-corrected chi connectivity index (χ3v) is 7.50. The summed E-state index contributed by atoms with van der Waals surface area (Å²) in [4.78, 5) is 25.3. The lowest BCUT2D eigenvalue weighted by molar-refractivity contribution is -0.232. The zero-order chi connectivity index (χ0) is 20.6. The molecule has 2 fully saturated rings. The average molecular weight is 402 g/mol. The molecule has 6 nitrogen and oxygen atoms in total. The molecule has 0 radical (unpaired) electrons. The highest BCUT2D eigenvalue weighted by molar-refractivity contribution is 5.79.